The molecule has 5 nitrogen and oxygen atoms in total. The largest absolute Gasteiger partial charge is 0.384 e. The molecule has 2 rings (SSSR count). The van der Waals surface area contributed by atoms with Gasteiger partial charge in [0, 0.05) is 18.3 Å². The van der Waals surface area contributed by atoms with Crippen molar-refractivity contribution in [2.24, 2.45) is 5.73 Å². The fourth-order valence-corrected chi connectivity index (χ4v) is 1.57. The summed E-state index contributed by atoms with van der Waals surface area (Å²) < 4.78 is 0. The van der Waals surface area contributed by atoms with Gasteiger partial charge in [-0.15, -0.1) is 0 Å². The van der Waals surface area contributed by atoms with Crippen molar-refractivity contribution in [1.82, 2.24) is 9.97 Å². The molecule has 1 aromatic heterocycles. The minimum absolute atomic E-state index is 0.0299. The Kier molecular flexibility index (Phi) is 3.43. The van der Waals surface area contributed by atoms with E-state index in [1.165, 1.54) is 12.4 Å². The maximum Gasteiger partial charge on any atom is 0.229 e. The molecule has 3 N–H and O–H groups in total. The quantitative estimate of drug-likeness (QED) is 0.656. The van der Waals surface area contributed by atoms with Crippen molar-refractivity contribution in [3.63, 3.8) is 0 Å². The van der Waals surface area contributed by atoms with Crippen molar-refractivity contribution in [3.8, 4) is 0 Å². The monoisotopic (exact) mass is 261 g/mol. The molecule has 0 aliphatic rings. The van der Waals surface area contributed by atoms with E-state index < -0.39 is 0 Å². The lowest BCUT2D eigenvalue weighted by atomic mass is 10.2. The second-order valence-corrected chi connectivity index (χ2v) is 4.16. The lowest BCUT2D eigenvalue weighted by molar-refractivity contribution is 1.04. The van der Waals surface area contributed by atoms with Crippen LogP contribution in [0.3, 0.4) is 0 Å². The number of benzene rings is 1. The molecule has 6 heteroatoms. The highest BCUT2D eigenvalue weighted by molar-refractivity contribution is 6.30. The first-order valence-electron chi connectivity index (χ1n) is 5.23. The van der Waals surface area contributed by atoms with Crippen molar-refractivity contribution in [2.45, 2.75) is 0 Å². The van der Waals surface area contributed by atoms with E-state index in [0.29, 0.717) is 16.5 Å². The van der Waals surface area contributed by atoms with Crippen LogP contribution in [0.4, 0.5) is 11.6 Å². The van der Waals surface area contributed by atoms with E-state index in [-0.39, 0.29) is 5.84 Å². The fourth-order valence-electron chi connectivity index (χ4n) is 1.48. The smallest absolute Gasteiger partial charge is 0.229 e. The number of hydrogen-bond acceptors (Lipinski definition) is 4. The third-order valence-corrected chi connectivity index (χ3v) is 2.65. The Hall–Kier alpha value is -2.14. The van der Waals surface area contributed by atoms with E-state index in [4.69, 9.17) is 22.7 Å². The molecule has 0 aliphatic heterocycles. The van der Waals surface area contributed by atoms with Gasteiger partial charge in [0.1, 0.15) is 5.84 Å². The Morgan fingerprint density at radius 2 is 2.00 bits per heavy atom. The standard InChI is InChI=1S/C12H12ClN5/c1-18(12-16-6-9(13)7-17-12)10-4-2-3-8(5-10)11(14)15/h2-7H,1H3,(H3,14,15). The first-order chi connectivity index (χ1) is 8.58. The summed E-state index contributed by atoms with van der Waals surface area (Å²) in [6, 6.07) is 7.31. The molecular formula is C12H12ClN5. The Morgan fingerprint density at radius 3 is 2.61 bits per heavy atom. The van der Waals surface area contributed by atoms with Gasteiger partial charge in [0.25, 0.3) is 0 Å². The van der Waals surface area contributed by atoms with Crippen LogP contribution < -0.4 is 10.6 Å². The third kappa shape index (κ3) is 2.57. The van der Waals surface area contributed by atoms with E-state index in [0.717, 1.165) is 5.69 Å². The molecule has 0 fully saturated rings. The van der Waals surface area contributed by atoms with Gasteiger partial charge in [-0.05, 0) is 12.1 Å². The summed E-state index contributed by atoms with van der Waals surface area (Å²) in [5.41, 5.74) is 6.97. The van der Waals surface area contributed by atoms with Gasteiger partial charge < -0.3 is 10.6 Å². The van der Waals surface area contributed by atoms with Gasteiger partial charge in [0.05, 0.1) is 17.4 Å². The number of rotatable bonds is 3. The minimum atomic E-state index is 0.0299. The molecule has 1 heterocycles. The van der Waals surface area contributed by atoms with Crippen LogP contribution in [0.25, 0.3) is 0 Å². The van der Waals surface area contributed by atoms with Gasteiger partial charge in [0.15, 0.2) is 0 Å². The van der Waals surface area contributed by atoms with Gasteiger partial charge in [-0.1, -0.05) is 23.7 Å². The summed E-state index contributed by atoms with van der Waals surface area (Å²) in [5, 5.41) is 7.91. The first-order valence-corrected chi connectivity index (χ1v) is 5.61. The first kappa shape index (κ1) is 12.3. The summed E-state index contributed by atoms with van der Waals surface area (Å²) in [6.45, 7) is 0. The normalized spacial score (nSPS) is 10.1. The zero-order valence-electron chi connectivity index (χ0n) is 9.76. The predicted octanol–water partition coefficient (Wildman–Crippen LogP) is 2.18. The second kappa shape index (κ2) is 5.01. The number of amidine groups is 1. The zero-order valence-corrected chi connectivity index (χ0v) is 10.5. The molecule has 0 unspecified atom stereocenters. The summed E-state index contributed by atoms with van der Waals surface area (Å²) in [7, 11) is 1.84. The van der Waals surface area contributed by atoms with Gasteiger partial charge in [0.2, 0.25) is 5.95 Å². The molecule has 0 amide bonds. The highest BCUT2D eigenvalue weighted by Gasteiger charge is 2.08. The van der Waals surface area contributed by atoms with Crippen LogP contribution in [-0.4, -0.2) is 22.9 Å². The molecule has 0 aliphatic carbocycles. The van der Waals surface area contributed by atoms with E-state index in [9.17, 15) is 0 Å². The predicted molar refractivity (Wildman–Crippen MR) is 72.6 cm³/mol. The van der Waals surface area contributed by atoms with Gasteiger partial charge >= 0.3 is 0 Å². The van der Waals surface area contributed by atoms with Gasteiger partial charge in [-0.25, -0.2) is 9.97 Å². The lowest BCUT2D eigenvalue weighted by Gasteiger charge is -2.17. The fraction of sp³-hybridized carbons (Fsp3) is 0.0833. The molecular weight excluding hydrogens is 250 g/mol. The number of anilines is 2. The molecule has 2 aromatic rings. The van der Waals surface area contributed by atoms with E-state index in [2.05, 4.69) is 9.97 Å². The lowest BCUT2D eigenvalue weighted by Crippen LogP contribution is -2.15. The molecule has 0 saturated heterocycles. The van der Waals surface area contributed by atoms with E-state index in [1.807, 2.05) is 19.2 Å². The molecule has 0 spiro atoms. The summed E-state index contributed by atoms with van der Waals surface area (Å²) in [6.07, 6.45) is 3.07. The Bertz CT molecular complexity index is 567. The molecule has 1 aromatic carbocycles. The van der Waals surface area contributed by atoms with Crippen molar-refractivity contribution >= 4 is 29.1 Å². The minimum Gasteiger partial charge on any atom is -0.384 e. The number of nitrogen functional groups attached to an aromatic ring is 1. The van der Waals surface area contributed by atoms with Crippen LogP contribution >= 0.6 is 11.6 Å². The molecule has 0 radical (unpaired) electrons. The van der Waals surface area contributed by atoms with Crippen molar-refractivity contribution in [2.75, 3.05) is 11.9 Å². The summed E-state index contributed by atoms with van der Waals surface area (Å²) in [5.74, 6) is 0.558. The van der Waals surface area contributed by atoms with Crippen LogP contribution in [0.1, 0.15) is 5.56 Å². The van der Waals surface area contributed by atoms with Crippen molar-refractivity contribution in [1.29, 1.82) is 5.41 Å². The number of aromatic nitrogens is 2. The highest BCUT2D eigenvalue weighted by atomic mass is 35.5. The topological polar surface area (TPSA) is 78.9 Å². The van der Waals surface area contributed by atoms with Crippen LogP contribution in [0.2, 0.25) is 5.02 Å². The summed E-state index contributed by atoms with van der Waals surface area (Å²) in [4.78, 5) is 10.0. The van der Waals surface area contributed by atoms with E-state index >= 15 is 0 Å². The van der Waals surface area contributed by atoms with Crippen LogP contribution in [0.15, 0.2) is 36.7 Å². The number of nitrogens with two attached hydrogens (primary N) is 1. The van der Waals surface area contributed by atoms with Gasteiger partial charge in [-0.3, -0.25) is 5.41 Å². The van der Waals surface area contributed by atoms with Gasteiger partial charge in [-0.2, -0.15) is 0 Å². The third-order valence-electron chi connectivity index (χ3n) is 2.45. The second-order valence-electron chi connectivity index (χ2n) is 3.72. The van der Waals surface area contributed by atoms with Crippen LogP contribution in [0, 0.1) is 5.41 Å². The van der Waals surface area contributed by atoms with Crippen LogP contribution in [-0.2, 0) is 0 Å². The molecule has 18 heavy (non-hydrogen) atoms. The Balaban J connectivity index is 2.33. The highest BCUT2D eigenvalue weighted by Crippen LogP contribution is 2.21. The maximum atomic E-state index is 7.42. The number of nitrogens with zero attached hydrogens (tertiary/aromatic N) is 3. The Labute approximate surface area is 110 Å². The van der Waals surface area contributed by atoms with Crippen LogP contribution in [0.5, 0.6) is 0 Å². The number of nitrogens with one attached hydrogen (secondary N) is 1. The maximum absolute atomic E-state index is 7.42. The summed E-state index contributed by atoms with van der Waals surface area (Å²) >= 11 is 5.74. The number of hydrogen-bond donors (Lipinski definition) is 2. The molecule has 0 atom stereocenters. The average Bonchev–Trinajstić information content (AvgIpc) is 2.39. The Morgan fingerprint density at radius 1 is 1.33 bits per heavy atom. The SMILES string of the molecule is CN(c1cccc(C(=N)N)c1)c1ncc(Cl)cn1. The average molecular weight is 262 g/mol. The molecule has 0 saturated carbocycles. The van der Waals surface area contributed by atoms with E-state index in [1.54, 1.807) is 17.0 Å². The molecule has 92 valence electrons. The van der Waals surface area contributed by atoms with Crippen molar-refractivity contribution < 1.29 is 0 Å². The van der Waals surface area contributed by atoms with Crippen molar-refractivity contribution in [3.05, 3.63) is 47.2 Å². The zero-order chi connectivity index (χ0) is 13.1. The number of halogens is 1. The molecule has 0 bridgehead atoms.